The van der Waals surface area contributed by atoms with Crippen molar-refractivity contribution < 1.29 is 24.2 Å². The topological polar surface area (TPSA) is 97.2 Å². The van der Waals surface area contributed by atoms with E-state index in [-0.39, 0.29) is 5.91 Å². The van der Waals surface area contributed by atoms with Gasteiger partial charge < -0.3 is 9.84 Å². The van der Waals surface area contributed by atoms with Crippen LogP contribution >= 0.6 is 11.8 Å². The molecule has 4 rings (SSSR count). The Balaban J connectivity index is 0.000000709. The number of hydrogen-bond donors (Lipinski definition) is 2. The number of amidine groups is 1. The maximum absolute atomic E-state index is 12.4. The molecule has 0 aromatic heterocycles. The van der Waals surface area contributed by atoms with E-state index in [4.69, 9.17) is 19.4 Å². The van der Waals surface area contributed by atoms with Gasteiger partial charge in [-0.2, -0.15) is 0 Å². The summed E-state index contributed by atoms with van der Waals surface area (Å²) in [5.74, 6) is 0.360. The zero-order valence-corrected chi connectivity index (χ0v) is 21.5. The SMILES string of the molecule is CC(=O)O.COc1cc2c(OC)cccc2cc1C=C1SC(Nc2cc[c]([Na])cc2)=NC1=O. The number of carboxylic acids is 1. The molecule has 1 heterocycles. The molecular formula is C24H21N2NaO5S. The summed E-state index contributed by atoms with van der Waals surface area (Å²) in [6.07, 6.45) is 1.82. The van der Waals surface area contributed by atoms with Gasteiger partial charge in [0.15, 0.2) is 0 Å². The van der Waals surface area contributed by atoms with Crippen molar-refractivity contribution >= 4 is 82.1 Å². The van der Waals surface area contributed by atoms with Crippen LogP contribution in [0.2, 0.25) is 0 Å². The standard InChI is InChI=1S/C22H17N2O3S.C2H4O2.Na/c1-26-18-10-6-7-14-11-15(19(27-2)13-17(14)18)12-20-21(25)24-22(28-20)23-16-8-4-3-5-9-16;1-2(3)4;/h4-13H,1-2H3,(H,23,24,25);1H3,(H,3,4);. The first kappa shape index (κ1) is 24.9. The summed E-state index contributed by atoms with van der Waals surface area (Å²) in [5.41, 5.74) is 1.74. The number of benzene rings is 3. The van der Waals surface area contributed by atoms with Crippen LogP contribution in [-0.2, 0) is 9.59 Å². The Labute approximate surface area is 213 Å². The molecule has 33 heavy (non-hydrogen) atoms. The Bertz CT molecular complexity index is 1250. The first-order valence-corrected chi connectivity index (χ1v) is 11.8. The second-order valence-corrected chi connectivity index (χ2v) is 9.30. The van der Waals surface area contributed by atoms with Crippen molar-refractivity contribution in [2.45, 2.75) is 6.92 Å². The van der Waals surface area contributed by atoms with E-state index >= 15 is 0 Å². The molecule has 0 saturated heterocycles. The third-order valence-electron chi connectivity index (χ3n) is 4.62. The quantitative estimate of drug-likeness (QED) is 0.440. The predicted octanol–water partition coefficient (Wildman–Crippen LogP) is 3.82. The number of nitrogens with one attached hydrogen (secondary N) is 1. The summed E-state index contributed by atoms with van der Waals surface area (Å²) in [5, 5.41) is 13.2. The van der Waals surface area contributed by atoms with E-state index in [1.54, 1.807) is 14.2 Å². The van der Waals surface area contributed by atoms with Gasteiger partial charge in [0.05, 0.1) is 14.2 Å². The van der Waals surface area contributed by atoms with E-state index in [1.807, 2.05) is 48.5 Å². The van der Waals surface area contributed by atoms with Gasteiger partial charge in [-0.3, -0.25) is 4.79 Å². The van der Waals surface area contributed by atoms with Gasteiger partial charge >= 0.3 is 143 Å². The molecule has 164 valence electrons. The number of rotatable bonds is 4. The van der Waals surface area contributed by atoms with E-state index in [1.165, 1.54) is 14.6 Å². The third-order valence-corrected chi connectivity index (χ3v) is 6.19. The number of amides is 1. The number of nitrogens with zero attached hydrogens (tertiary/aromatic N) is 1. The molecule has 7 nitrogen and oxygen atoms in total. The molecule has 0 spiro atoms. The second kappa shape index (κ2) is 11.4. The van der Waals surface area contributed by atoms with Crippen LogP contribution in [0.15, 0.2) is 64.5 Å². The molecular weight excluding hydrogens is 451 g/mol. The summed E-state index contributed by atoms with van der Waals surface area (Å²) in [4.78, 5) is 26.1. The van der Waals surface area contributed by atoms with Gasteiger partial charge in [-0.05, 0) is 6.07 Å². The number of fused-ring (bicyclic) bond motifs is 1. The molecule has 1 aliphatic heterocycles. The Morgan fingerprint density at radius 1 is 1.09 bits per heavy atom. The number of hydrogen-bond acceptors (Lipinski definition) is 6. The van der Waals surface area contributed by atoms with E-state index < -0.39 is 5.97 Å². The fourth-order valence-electron chi connectivity index (χ4n) is 3.13. The van der Waals surface area contributed by atoms with Gasteiger partial charge in [-0.1, -0.05) is 12.1 Å². The molecule has 0 unspecified atom stereocenters. The first-order valence-electron chi connectivity index (χ1n) is 10.0. The second-order valence-electron chi connectivity index (χ2n) is 7.12. The average molecular weight is 472 g/mol. The molecule has 0 aliphatic carbocycles. The number of ether oxygens (including phenoxy) is 2. The van der Waals surface area contributed by atoms with Crippen molar-refractivity contribution in [2.75, 3.05) is 19.5 Å². The molecule has 0 saturated carbocycles. The molecule has 0 fully saturated rings. The van der Waals surface area contributed by atoms with E-state index in [0.717, 1.165) is 62.6 Å². The number of aliphatic imine (C=N–C) groups is 1. The van der Waals surface area contributed by atoms with E-state index in [9.17, 15) is 4.79 Å². The molecule has 1 amide bonds. The summed E-state index contributed by atoms with van der Waals surface area (Å²) < 4.78 is 12.3. The Morgan fingerprint density at radius 2 is 1.76 bits per heavy atom. The van der Waals surface area contributed by atoms with Gasteiger partial charge in [0.25, 0.3) is 5.97 Å². The minimum atomic E-state index is -0.833. The molecule has 3 aromatic carbocycles. The van der Waals surface area contributed by atoms with Crippen LogP contribution in [0.5, 0.6) is 11.5 Å². The summed E-state index contributed by atoms with van der Waals surface area (Å²) in [7, 11) is 3.26. The molecule has 0 atom stereocenters. The van der Waals surface area contributed by atoms with Crippen molar-refractivity contribution in [1.29, 1.82) is 0 Å². The zero-order chi connectivity index (χ0) is 24.0. The molecule has 1 aliphatic rings. The number of methoxy groups -OCH3 is 2. The fraction of sp³-hybridized carbons (Fsp3) is 0.125. The number of anilines is 1. The van der Waals surface area contributed by atoms with Crippen LogP contribution in [0.1, 0.15) is 12.5 Å². The van der Waals surface area contributed by atoms with Gasteiger partial charge in [-0.25, -0.2) is 0 Å². The van der Waals surface area contributed by atoms with Gasteiger partial charge in [0.1, 0.15) is 5.75 Å². The number of carboxylic acid groups (broad SMARTS) is 1. The van der Waals surface area contributed by atoms with Crippen molar-refractivity contribution in [3.8, 4) is 11.5 Å². The zero-order valence-electron chi connectivity index (χ0n) is 18.7. The first-order chi connectivity index (χ1) is 15.8. The van der Waals surface area contributed by atoms with Crippen LogP contribution in [-0.4, -0.2) is 64.3 Å². The summed E-state index contributed by atoms with van der Waals surface area (Å²) >= 11 is 2.33. The summed E-state index contributed by atoms with van der Waals surface area (Å²) in [6, 6.07) is 17.9. The van der Waals surface area contributed by atoms with E-state index in [0.29, 0.717) is 15.8 Å². The monoisotopic (exact) mass is 472 g/mol. The molecule has 9 heteroatoms. The molecule has 0 radical (unpaired) electrons. The Morgan fingerprint density at radius 3 is 2.39 bits per heavy atom. The Hall–Kier alpha value is -2.78. The number of thioether (sulfide) groups is 1. The van der Waals surface area contributed by atoms with Crippen LogP contribution in [0.4, 0.5) is 5.69 Å². The van der Waals surface area contributed by atoms with Crippen molar-refractivity contribution in [3.05, 3.63) is 65.1 Å². The molecule has 2 N–H and O–H groups in total. The predicted molar refractivity (Wildman–Crippen MR) is 134 cm³/mol. The fourth-order valence-corrected chi connectivity index (χ4v) is 4.28. The minimum absolute atomic E-state index is 0.259. The van der Waals surface area contributed by atoms with Gasteiger partial charge in [0.2, 0.25) is 0 Å². The number of carbonyl (C=O) groups excluding carboxylic acids is 1. The van der Waals surface area contributed by atoms with Crippen LogP contribution in [0, 0.1) is 0 Å². The Kier molecular flexibility index (Phi) is 8.57. The molecule has 0 bridgehead atoms. The maximum atomic E-state index is 12.4. The van der Waals surface area contributed by atoms with Gasteiger partial charge in [-0.15, -0.1) is 0 Å². The van der Waals surface area contributed by atoms with E-state index in [2.05, 4.69) is 22.4 Å². The van der Waals surface area contributed by atoms with Crippen LogP contribution in [0.25, 0.3) is 16.8 Å². The van der Waals surface area contributed by atoms with Gasteiger partial charge in [0, 0.05) is 12.3 Å². The number of carbonyl (C=O) groups is 2. The van der Waals surface area contributed by atoms with Crippen LogP contribution in [0.3, 0.4) is 0 Å². The normalized spacial score (nSPS) is 13.9. The number of aliphatic carboxylic acids is 1. The van der Waals surface area contributed by atoms with Crippen molar-refractivity contribution in [3.63, 3.8) is 0 Å². The van der Waals surface area contributed by atoms with Crippen molar-refractivity contribution in [1.82, 2.24) is 0 Å². The molecule has 3 aromatic rings. The third kappa shape index (κ3) is 6.61. The average Bonchev–Trinajstić information content (AvgIpc) is 3.12. The summed E-state index contributed by atoms with van der Waals surface area (Å²) in [6.45, 7) is 1.08. The van der Waals surface area contributed by atoms with Crippen LogP contribution < -0.4 is 17.6 Å². The van der Waals surface area contributed by atoms with Crippen molar-refractivity contribution in [2.24, 2.45) is 4.99 Å².